The molecule has 1 saturated heterocycles. The molecule has 1 aromatic heterocycles. The SMILES string of the molecule is N#Cc1cc(-c2ccnc(Nc3cccc(CO)c3)n2)ccc1OC1CCOCC1. The van der Waals surface area contributed by atoms with E-state index in [9.17, 15) is 10.4 Å². The quantitative estimate of drug-likeness (QED) is 0.647. The molecule has 7 heteroatoms. The maximum Gasteiger partial charge on any atom is 0.227 e. The Balaban J connectivity index is 1.54. The fourth-order valence-electron chi connectivity index (χ4n) is 3.31. The number of nitrogens with zero attached hydrogens (tertiary/aromatic N) is 3. The normalized spacial score (nSPS) is 14.1. The van der Waals surface area contributed by atoms with Crippen LogP contribution in [0.15, 0.2) is 54.7 Å². The highest BCUT2D eigenvalue weighted by atomic mass is 16.5. The van der Waals surface area contributed by atoms with Gasteiger partial charge in [-0.3, -0.25) is 0 Å². The van der Waals surface area contributed by atoms with Gasteiger partial charge in [0.05, 0.1) is 31.1 Å². The lowest BCUT2D eigenvalue weighted by Crippen LogP contribution is -2.26. The van der Waals surface area contributed by atoms with Crippen molar-refractivity contribution in [2.45, 2.75) is 25.6 Å². The van der Waals surface area contributed by atoms with Crippen molar-refractivity contribution < 1.29 is 14.6 Å². The van der Waals surface area contributed by atoms with E-state index in [4.69, 9.17) is 9.47 Å². The third kappa shape index (κ3) is 4.74. The molecule has 0 radical (unpaired) electrons. The number of nitrogens with one attached hydrogen (secondary N) is 1. The van der Waals surface area contributed by atoms with Crippen LogP contribution in [0.25, 0.3) is 11.3 Å². The maximum absolute atomic E-state index is 9.60. The zero-order valence-electron chi connectivity index (χ0n) is 16.4. The molecule has 3 aromatic rings. The number of hydrogen-bond acceptors (Lipinski definition) is 7. The molecule has 0 spiro atoms. The zero-order valence-corrected chi connectivity index (χ0v) is 16.4. The van der Waals surface area contributed by atoms with Gasteiger partial charge in [-0.2, -0.15) is 5.26 Å². The van der Waals surface area contributed by atoms with Crippen LogP contribution in [0, 0.1) is 11.3 Å². The summed E-state index contributed by atoms with van der Waals surface area (Å²) in [7, 11) is 0. The number of anilines is 2. The maximum atomic E-state index is 9.60. The predicted octanol–water partition coefficient (Wildman–Crippen LogP) is 3.81. The minimum Gasteiger partial charge on any atom is -0.489 e. The standard InChI is InChI=1S/C23H22N4O3/c24-14-18-13-17(4-5-22(18)30-20-7-10-29-11-8-20)21-6-9-25-23(27-21)26-19-3-1-2-16(12-19)15-28/h1-6,9,12-13,20,28H,7-8,10-11,15H2,(H,25,26,27). The molecule has 0 atom stereocenters. The number of nitriles is 1. The minimum atomic E-state index is -0.0321. The first kappa shape index (κ1) is 19.8. The lowest BCUT2D eigenvalue weighted by Gasteiger charge is -2.23. The molecule has 4 rings (SSSR count). The Morgan fingerprint density at radius 3 is 2.83 bits per heavy atom. The molecular weight excluding hydrogens is 380 g/mol. The summed E-state index contributed by atoms with van der Waals surface area (Å²) < 4.78 is 11.4. The van der Waals surface area contributed by atoms with Crippen molar-refractivity contribution in [3.8, 4) is 23.1 Å². The fraction of sp³-hybridized carbons (Fsp3) is 0.261. The average Bonchev–Trinajstić information content (AvgIpc) is 2.80. The second kappa shape index (κ2) is 9.35. The van der Waals surface area contributed by atoms with E-state index in [0.717, 1.165) is 29.7 Å². The molecular formula is C23H22N4O3. The van der Waals surface area contributed by atoms with Crippen LogP contribution >= 0.6 is 0 Å². The van der Waals surface area contributed by atoms with Crippen LogP contribution in [0.5, 0.6) is 5.75 Å². The number of aliphatic hydroxyl groups is 1. The van der Waals surface area contributed by atoms with E-state index in [-0.39, 0.29) is 12.7 Å². The van der Waals surface area contributed by atoms with E-state index in [1.54, 1.807) is 18.3 Å². The van der Waals surface area contributed by atoms with Gasteiger partial charge >= 0.3 is 0 Å². The van der Waals surface area contributed by atoms with E-state index < -0.39 is 0 Å². The summed E-state index contributed by atoms with van der Waals surface area (Å²) in [5.41, 5.74) is 3.56. The van der Waals surface area contributed by atoms with Crippen molar-refractivity contribution in [3.63, 3.8) is 0 Å². The number of aliphatic hydroxyl groups excluding tert-OH is 1. The predicted molar refractivity (Wildman–Crippen MR) is 112 cm³/mol. The molecule has 0 bridgehead atoms. The second-order valence-electron chi connectivity index (χ2n) is 7.00. The summed E-state index contributed by atoms with van der Waals surface area (Å²) in [4.78, 5) is 8.83. The monoisotopic (exact) mass is 402 g/mol. The zero-order chi connectivity index (χ0) is 20.8. The lowest BCUT2D eigenvalue weighted by atomic mass is 10.1. The Bertz CT molecular complexity index is 1060. The first-order valence-corrected chi connectivity index (χ1v) is 9.84. The molecule has 1 fully saturated rings. The largest absolute Gasteiger partial charge is 0.489 e. The van der Waals surface area contributed by atoms with Crippen molar-refractivity contribution in [2.24, 2.45) is 0 Å². The molecule has 7 nitrogen and oxygen atoms in total. The van der Waals surface area contributed by atoms with Crippen molar-refractivity contribution in [1.82, 2.24) is 9.97 Å². The van der Waals surface area contributed by atoms with E-state index in [1.807, 2.05) is 36.4 Å². The molecule has 2 heterocycles. The minimum absolute atomic E-state index is 0.0321. The third-order valence-corrected chi connectivity index (χ3v) is 4.88. The van der Waals surface area contributed by atoms with E-state index in [1.165, 1.54) is 0 Å². The Kier molecular flexibility index (Phi) is 6.18. The lowest BCUT2D eigenvalue weighted by molar-refractivity contribution is 0.0254. The summed E-state index contributed by atoms with van der Waals surface area (Å²) in [5, 5.41) is 22.0. The topological polar surface area (TPSA) is 100 Å². The molecule has 1 aliphatic heterocycles. The Labute approximate surface area is 174 Å². The number of rotatable bonds is 6. The number of benzene rings is 2. The van der Waals surface area contributed by atoms with Crippen molar-refractivity contribution in [3.05, 3.63) is 65.9 Å². The van der Waals surface area contributed by atoms with E-state index in [2.05, 4.69) is 21.4 Å². The third-order valence-electron chi connectivity index (χ3n) is 4.88. The summed E-state index contributed by atoms with van der Waals surface area (Å²) in [6, 6.07) is 16.9. The molecule has 152 valence electrons. The van der Waals surface area contributed by atoms with Gasteiger partial charge in [0, 0.05) is 30.3 Å². The van der Waals surface area contributed by atoms with Crippen LogP contribution in [0.1, 0.15) is 24.0 Å². The van der Waals surface area contributed by atoms with Gasteiger partial charge < -0.3 is 19.9 Å². The highest BCUT2D eigenvalue weighted by molar-refractivity contribution is 5.66. The Morgan fingerprint density at radius 1 is 1.17 bits per heavy atom. The second-order valence-corrected chi connectivity index (χ2v) is 7.00. The van der Waals surface area contributed by atoms with Crippen LogP contribution in [-0.4, -0.2) is 34.4 Å². The van der Waals surface area contributed by atoms with E-state index in [0.29, 0.717) is 36.2 Å². The summed E-state index contributed by atoms with van der Waals surface area (Å²) in [6.07, 6.45) is 3.39. The Morgan fingerprint density at radius 2 is 2.03 bits per heavy atom. The molecule has 2 aromatic carbocycles. The molecule has 0 amide bonds. The summed E-state index contributed by atoms with van der Waals surface area (Å²) >= 11 is 0. The average molecular weight is 402 g/mol. The van der Waals surface area contributed by atoms with E-state index >= 15 is 0 Å². The van der Waals surface area contributed by atoms with Gasteiger partial charge in [0.2, 0.25) is 5.95 Å². The number of ether oxygens (including phenoxy) is 2. The van der Waals surface area contributed by atoms with Crippen LogP contribution in [-0.2, 0) is 11.3 Å². The Hall–Kier alpha value is -3.47. The van der Waals surface area contributed by atoms with Gasteiger partial charge in [-0.05, 0) is 42.0 Å². The van der Waals surface area contributed by atoms with Gasteiger partial charge in [-0.1, -0.05) is 12.1 Å². The van der Waals surface area contributed by atoms with Crippen molar-refractivity contribution in [1.29, 1.82) is 5.26 Å². The van der Waals surface area contributed by atoms with Crippen LogP contribution in [0.3, 0.4) is 0 Å². The molecule has 30 heavy (non-hydrogen) atoms. The molecule has 2 N–H and O–H groups in total. The summed E-state index contributed by atoms with van der Waals surface area (Å²) in [5.74, 6) is 1.02. The summed E-state index contributed by atoms with van der Waals surface area (Å²) in [6.45, 7) is 1.33. The van der Waals surface area contributed by atoms with Gasteiger partial charge in [-0.25, -0.2) is 9.97 Å². The van der Waals surface area contributed by atoms with Crippen LogP contribution < -0.4 is 10.1 Å². The van der Waals surface area contributed by atoms with Gasteiger partial charge in [0.15, 0.2) is 0 Å². The number of aromatic nitrogens is 2. The highest BCUT2D eigenvalue weighted by Gasteiger charge is 2.17. The van der Waals surface area contributed by atoms with Crippen molar-refractivity contribution >= 4 is 11.6 Å². The first-order chi connectivity index (χ1) is 14.7. The van der Waals surface area contributed by atoms with Crippen LogP contribution in [0.2, 0.25) is 0 Å². The highest BCUT2D eigenvalue weighted by Crippen LogP contribution is 2.28. The molecule has 0 aliphatic carbocycles. The molecule has 0 unspecified atom stereocenters. The smallest absolute Gasteiger partial charge is 0.227 e. The van der Waals surface area contributed by atoms with Gasteiger partial charge in [0.1, 0.15) is 17.9 Å². The number of hydrogen-bond donors (Lipinski definition) is 2. The first-order valence-electron chi connectivity index (χ1n) is 9.84. The van der Waals surface area contributed by atoms with Gasteiger partial charge in [-0.15, -0.1) is 0 Å². The van der Waals surface area contributed by atoms with Gasteiger partial charge in [0.25, 0.3) is 0 Å². The van der Waals surface area contributed by atoms with Crippen LogP contribution in [0.4, 0.5) is 11.6 Å². The van der Waals surface area contributed by atoms with Crippen molar-refractivity contribution in [2.75, 3.05) is 18.5 Å². The molecule has 0 saturated carbocycles. The molecule has 1 aliphatic rings. The fourth-order valence-corrected chi connectivity index (χ4v) is 3.31.